The highest BCUT2D eigenvalue weighted by molar-refractivity contribution is 6.31. The van der Waals surface area contributed by atoms with Crippen molar-refractivity contribution in [1.82, 2.24) is 9.78 Å². The molecule has 2 aromatic carbocycles. The molecule has 0 aliphatic rings. The molecule has 118 valence electrons. The zero-order chi connectivity index (χ0) is 16.2. The number of methoxy groups -OCH3 is 1. The molecule has 0 atom stereocenters. The van der Waals surface area contributed by atoms with Crippen molar-refractivity contribution in [3.8, 4) is 17.0 Å². The lowest BCUT2D eigenvalue weighted by molar-refractivity contribution is 0.275. The van der Waals surface area contributed by atoms with Crippen molar-refractivity contribution in [1.29, 1.82) is 0 Å². The Labute approximate surface area is 139 Å². The van der Waals surface area contributed by atoms with Crippen LogP contribution < -0.4 is 4.74 Å². The first-order chi connectivity index (χ1) is 11.2. The number of benzene rings is 2. The molecule has 23 heavy (non-hydrogen) atoms. The minimum atomic E-state index is -0.113. The first kappa shape index (κ1) is 15.6. The monoisotopic (exact) mass is 328 g/mol. The second-order valence-electron chi connectivity index (χ2n) is 5.13. The third kappa shape index (κ3) is 3.23. The summed E-state index contributed by atoms with van der Waals surface area (Å²) in [5.74, 6) is 0.761. The van der Waals surface area contributed by atoms with E-state index in [-0.39, 0.29) is 6.61 Å². The van der Waals surface area contributed by atoms with E-state index in [9.17, 15) is 5.11 Å². The topological polar surface area (TPSA) is 47.3 Å². The lowest BCUT2D eigenvalue weighted by Crippen LogP contribution is -2.05. The van der Waals surface area contributed by atoms with Gasteiger partial charge in [-0.05, 0) is 29.8 Å². The highest BCUT2D eigenvalue weighted by Gasteiger charge is 2.14. The molecule has 0 spiro atoms. The molecule has 3 aromatic rings. The second-order valence-corrected chi connectivity index (χ2v) is 5.54. The van der Waals surface area contributed by atoms with Crippen molar-refractivity contribution in [2.75, 3.05) is 7.11 Å². The summed E-state index contributed by atoms with van der Waals surface area (Å²) in [7, 11) is 1.64. The summed E-state index contributed by atoms with van der Waals surface area (Å²) >= 11 is 6.26. The Kier molecular flexibility index (Phi) is 4.65. The standard InChI is InChI=1S/C18H17ClN2O2/c1-23-18-9-5-3-7-15(18)17-10-14(12-22)20-21(17)11-13-6-2-4-8-16(13)19/h2-10,22H,11-12H2,1H3. The Bertz CT molecular complexity index is 814. The Morgan fingerprint density at radius 3 is 2.61 bits per heavy atom. The molecule has 4 nitrogen and oxygen atoms in total. The van der Waals surface area contributed by atoms with Gasteiger partial charge >= 0.3 is 0 Å². The van der Waals surface area contributed by atoms with Gasteiger partial charge in [0.05, 0.1) is 31.6 Å². The van der Waals surface area contributed by atoms with Gasteiger partial charge in [0.25, 0.3) is 0 Å². The van der Waals surface area contributed by atoms with E-state index >= 15 is 0 Å². The Balaban J connectivity index is 2.07. The molecule has 0 fully saturated rings. The smallest absolute Gasteiger partial charge is 0.128 e. The third-order valence-corrected chi connectivity index (χ3v) is 4.02. The zero-order valence-electron chi connectivity index (χ0n) is 12.7. The molecule has 0 unspecified atom stereocenters. The maximum absolute atomic E-state index is 9.44. The number of aliphatic hydroxyl groups is 1. The number of aliphatic hydroxyl groups excluding tert-OH is 1. The molecule has 0 aliphatic carbocycles. The third-order valence-electron chi connectivity index (χ3n) is 3.65. The molecule has 0 saturated carbocycles. The Morgan fingerprint density at radius 2 is 1.87 bits per heavy atom. The summed E-state index contributed by atoms with van der Waals surface area (Å²) in [4.78, 5) is 0. The van der Waals surface area contributed by atoms with Crippen LogP contribution in [0.15, 0.2) is 54.6 Å². The summed E-state index contributed by atoms with van der Waals surface area (Å²) < 4.78 is 7.28. The molecule has 0 saturated heterocycles. The van der Waals surface area contributed by atoms with Crippen molar-refractivity contribution < 1.29 is 9.84 Å². The predicted molar refractivity (Wildman–Crippen MR) is 90.7 cm³/mol. The molecule has 0 aliphatic heterocycles. The number of nitrogens with zero attached hydrogens (tertiary/aromatic N) is 2. The fourth-order valence-corrected chi connectivity index (χ4v) is 2.72. The van der Waals surface area contributed by atoms with E-state index in [1.54, 1.807) is 7.11 Å². The Hall–Kier alpha value is -2.30. The van der Waals surface area contributed by atoms with E-state index in [0.29, 0.717) is 17.3 Å². The van der Waals surface area contributed by atoms with E-state index in [0.717, 1.165) is 22.6 Å². The molecule has 0 radical (unpaired) electrons. The quantitative estimate of drug-likeness (QED) is 0.776. The van der Waals surface area contributed by atoms with Crippen molar-refractivity contribution in [3.05, 3.63) is 70.9 Å². The lowest BCUT2D eigenvalue weighted by atomic mass is 10.1. The van der Waals surface area contributed by atoms with Gasteiger partial charge in [-0.25, -0.2) is 0 Å². The first-order valence-electron chi connectivity index (χ1n) is 7.27. The number of ether oxygens (including phenoxy) is 1. The normalized spacial score (nSPS) is 10.7. The second kappa shape index (κ2) is 6.86. The summed E-state index contributed by atoms with van der Waals surface area (Å²) in [5, 5.41) is 14.6. The average Bonchev–Trinajstić information content (AvgIpc) is 3.00. The highest BCUT2D eigenvalue weighted by atomic mass is 35.5. The minimum Gasteiger partial charge on any atom is -0.496 e. The molecule has 5 heteroatoms. The van der Waals surface area contributed by atoms with Gasteiger partial charge in [0.15, 0.2) is 0 Å². The molecule has 1 heterocycles. The van der Waals surface area contributed by atoms with Gasteiger partial charge < -0.3 is 9.84 Å². The van der Waals surface area contributed by atoms with Gasteiger partial charge in [-0.2, -0.15) is 5.10 Å². The van der Waals surface area contributed by atoms with Crippen LogP contribution in [-0.4, -0.2) is 22.0 Å². The van der Waals surface area contributed by atoms with Crippen LogP contribution in [0, 0.1) is 0 Å². The SMILES string of the molecule is COc1ccccc1-c1cc(CO)nn1Cc1ccccc1Cl. The van der Waals surface area contributed by atoms with Gasteiger partial charge in [-0.3, -0.25) is 4.68 Å². The number of hydrogen-bond acceptors (Lipinski definition) is 3. The fourth-order valence-electron chi connectivity index (χ4n) is 2.53. The molecular formula is C18H17ClN2O2. The van der Waals surface area contributed by atoms with Crippen molar-refractivity contribution in [3.63, 3.8) is 0 Å². The number of aromatic nitrogens is 2. The van der Waals surface area contributed by atoms with Crippen LogP contribution in [0.3, 0.4) is 0 Å². The van der Waals surface area contributed by atoms with Crippen LogP contribution in [0.4, 0.5) is 0 Å². The van der Waals surface area contributed by atoms with Crippen LogP contribution in [0.5, 0.6) is 5.75 Å². The lowest BCUT2D eigenvalue weighted by Gasteiger charge is -2.11. The zero-order valence-corrected chi connectivity index (χ0v) is 13.5. The predicted octanol–water partition coefficient (Wildman–Crippen LogP) is 3.75. The van der Waals surface area contributed by atoms with Gasteiger partial charge in [0, 0.05) is 10.6 Å². The van der Waals surface area contributed by atoms with Crippen LogP contribution in [0.1, 0.15) is 11.3 Å². The van der Waals surface area contributed by atoms with Crippen LogP contribution in [-0.2, 0) is 13.2 Å². The first-order valence-corrected chi connectivity index (χ1v) is 7.65. The van der Waals surface area contributed by atoms with E-state index in [2.05, 4.69) is 5.10 Å². The van der Waals surface area contributed by atoms with E-state index in [4.69, 9.17) is 16.3 Å². The maximum atomic E-state index is 9.44. The van der Waals surface area contributed by atoms with Crippen LogP contribution in [0.25, 0.3) is 11.3 Å². The average molecular weight is 329 g/mol. The molecule has 3 rings (SSSR count). The number of rotatable bonds is 5. The van der Waals surface area contributed by atoms with Crippen molar-refractivity contribution >= 4 is 11.6 Å². The molecule has 0 bridgehead atoms. The van der Waals surface area contributed by atoms with Crippen molar-refractivity contribution in [2.45, 2.75) is 13.2 Å². The molecule has 0 amide bonds. The molecular weight excluding hydrogens is 312 g/mol. The highest BCUT2D eigenvalue weighted by Crippen LogP contribution is 2.31. The van der Waals surface area contributed by atoms with Gasteiger partial charge in [-0.1, -0.05) is 41.9 Å². The maximum Gasteiger partial charge on any atom is 0.128 e. The van der Waals surface area contributed by atoms with Gasteiger partial charge in [0.2, 0.25) is 0 Å². The largest absolute Gasteiger partial charge is 0.496 e. The molecule has 1 aromatic heterocycles. The minimum absolute atomic E-state index is 0.113. The summed E-state index contributed by atoms with van der Waals surface area (Å²) in [6.45, 7) is 0.407. The van der Waals surface area contributed by atoms with Crippen molar-refractivity contribution in [2.24, 2.45) is 0 Å². The number of para-hydroxylation sites is 1. The molecule has 1 N–H and O–H groups in total. The Morgan fingerprint density at radius 1 is 1.13 bits per heavy atom. The number of hydrogen-bond donors (Lipinski definition) is 1. The van der Waals surface area contributed by atoms with E-state index in [1.807, 2.05) is 59.3 Å². The van der Waals surface area contributed by atoms with E-state index < -0.39 is 0 Å². The van der Waals surface area contributed by atoms with Crippen LogP contribution in [0.2, 0.25) is 5.02 Å². The summed E-state index contributed by atoms with van der Waals surface area (Å²) in [6.07, 6.45) is 0. The van der Waals surface area contributed by atoms with Gasteiger partial charge in [-0.15, -0.1) is 0 Å². The van der Waals surface area contributed by atoms with Crippen LogP contribution >= 0.6 is 11.6 Å². The summed E-state index contributed by atoms with van der Waals surface area (Å²) in [6, 6.07) is 17.3. The number of halogens is 1. The van der Waals surface area contributed by atoms with Gasteiger partial charge in [0.1, 0.15) is 5.75 Å². The van der Waals surface area contributed by atoms with E-state index in [1.165, 1.54) is 0 Å². The summed E-state index contributed by atoms with van der Waals surface area (Å²) in [5.41, 5.74) is 3.39. The fraction of sp³-hybridized carbons (Fsp3) is 0.167.